The van der Waals surface area contributed by atoms with Gasteiger partial charge in [-0.2, -0.15) is 0 Å². The van der Waals surface area contributed by atoms with Gasteiger partial charge in [0, 0.05) is 25.7 Å². The average Bonchev–Trinajstić information content (AvgIpc) is 2.48. The monoisotopic (exact) mass is 298 g/mol. The van der Waals surface area contributed by atoms with Crippen molar-refractivity contribution < 1.29 is 9.90 Å². The number of aliphatic carboxylic acids is 1. The summed E-state index contributed by atoms with van der Waals surface area (Å²) < 4.78 is 2.11. The minimum absolute atomic E-state index is 0.139. The summed E-state index contributed by atoms with van der Waals surface area (Å²) in [6.07, 6.45) is 0. The van der Waals surface area contributed by atoms with E-state index in [4.69, 9.17) is 5.11 Å². The number of benzene rings is 2. The summed E-state index contributed by atoms with van der Waals surface area (Å²) in [7, 11) is 0. The fraction of sp³-hybridized carbons (Fsp3) is 0.0588. The van der Waals surface area contributed by atoms with Crippen LogP contribution in [0.25, 0.3) is 20.2 Å². The zero-order chi connectivity index (χ0) is 15.4. The summed E-state index contributed by atoms with van der Waals surface area (Å²) in [5.41, 5.74) is 0.315. The Morgan fingerprint density at radius 3 is 1.76 bits per heavy atom. The molecule has 0 aliphatic heterocycles. The molecule has 0 saturated carbocycles. The minimum Gasteiger partial charge on any atom is -0.478 e. The second kappa shape index (κ2) is 6.33. The van der Waals surface area contributed by atoms with E-state index in [1.807, 2.05) is 48.5 Å². The summed E-state index contributed by atoms with van der Waals surface area (Å²) in [5.74, 6) is -0.935. The van der Waals surface area contributed by atoms with E-state index in [0.717, 1.165) is 20.2 Å². The van der Waals surface area contributed by atoms with E-state index in [9.17, 15) is 9.59 Å². The van der Waals surface area contributed by atoms with Gasteiger partial charge in [0.15, 0.2) is 5.43 Å². The van der Waals surface area contributed by atoms with Crippen molar-refractivity contribution in [1.29, 1.82) is 0 Å². The van der Waals surface area contributed by atoms with Gasteiger partial charge in [0.1, 0.15) is 0 Å². The van der Waals surface area contributed by atoms with Crippen molar-refractivity contribution in [3.05, 3.63) is 70.9 Å². The predicted octanol–water partition coefficient (Wildman–Crippen LogP) is 4.06. The Morgan fingerprint density at radius 2 is 1.38 bits per heavy atom. The molecule has 3 nitrogen and oxygen atoms in total. The van der Waals surface area contributed by atoms with Crippen LogP contribution in [-0.2, 0) is 4.79 Å². The van der Waals surface area contributed by atoms with E-state index in [-0.39, 0.29) is 11.0 Å². The van der Waals surface area contributed by atoms with Crippen LogP contribution in [-0.4, -0.2) is 11.1 Å². The van der Waals surface area contributed by atoms with Gasteiger partial charge in [0.25, 0.3) is 0 Å². The maximum Gasteiger partial charge on any atom is 0.330 e. The molecule has 0 fully saturated rings. The first-order chi connectivity index (χ1) is 10.0. The molecule has 0 amide bonds. The lowest BCUT2D eigenvalue weighted by atomic mass is 10.2. The molecule has 1 N–H and O–H groups in total. The van der Waals surface area contributed by atoms with Crippen molar-refractivity contribution in [1.82, 2.24) is 0 Å². The molecule has 4 heteroatoms. The molecule has 0 unspecified atom stereocenters. The zero-order valence-corrected chi connectivity index (χ0v) is 12.3. The fourth-order valence-electron chi connectivity index (χ4n) is 1.75. The Hall–Kier alpha value is -2.46. The average molecular weight is 298 g/mol. The molecule has 0 atom stereocenters. The Morgan fingerprint density at radius 1 is 1.00 bits per heavy atom. The Bertz CT molecular complexity index is 809. The molecule has 0 aliphatic carbocycles. The third kappa shape index (κ3) is 3.35. The molecule has 21 heavy (non-hydrogen) atoms. The molecule has 0 spiro atoms. The number of hydrogen-bond acceptors (Lipinski definition) is 3. The van der Waals surface area contributed by atoms with Crippen LogP contribution in [0.3, 0.4) is 0 Å². The molecule has 3 aromatic rings. The molecule has 2 aromatic carbocycles. The highest BCUT2D eigenvalue weighted by Gasteiger charge is 2.03. The SMILES string of the molecule is C=C(C)C(=O)O.O=c1c2ccccc2sc2ccccc12. The lowest BCUT2D eigenvalue weighted by Crippen LogP contribution is -1.99. The van der Waals surface area contributed by atoms with Crippen LogP contribution in [0.15, 0.2) is 65.5 Å². The van der Waals surface area contributed by atoms with Crippen molar-refractivity contribution in [2.45, 2.75) is 6.92 Å². The number of hydrogen-bond donors (Lipinski definition) is 1. The Kier molecular flexibility index (Phi) is 4.50. The molecule has 1 heterocycles. The number of fused-ring (bicyclic) bond motifs is 2. The molecule has 0 aliphatic rings. The summed E-state index contributed by atoms with van der Waals surface area (Å²) in [5, 5.41) is 9.53. The second-order valence-electron chi connectivity index (χ2n) is 4.51. The number of rotatable bonds is 1. The highest BCUT2D eigenvalue weighted by molar-refractivity contribution is 7.24. The third-order valence-electron chi connectivity index (χ3n) is 2.85. The van der Waals surface area contributed by atoms with Crippen LogP contribution in [0.1, 0.15) is 6.92 Å². The van der Waals surface area contributed by atoms with Gasteiger partial charge in [-0.05, 0) is 31.2 Å². The maximum atomic E-state index is 12.1. The van der Waals surface area contributed by atoms with E-state index in [2.05, 4.69) is 6.58 Å². The van der Waals surface area contributed by atoms with Gasteiger partial charge in [-0.25, -0.2) is 4.79 Å². The fourth-order valence-corrected chi connectivity index (χ4v) is 2.82. The van der Waals surface area contributed by atoms with Gasteiger partial charge in [-0.3, -0.25) is 4.79 Å². The first-order valence-electron chi connectivity index (χ1n) is 6.30. The normalized spacial score (nSPS) is 9.95. The molecule has 0 bridgehead atoms. The van der Waals surface area contributed by atoms with Gasteiger partial charge in [0.2, 0.25) is 0 Å². The summed E-state index contributed by atoms with van der Waals surface area (Å²) in [6, 6.07) is 15.5. The Balaban J connectivity index is 0.000000232. The maximum absolute atomic E-state index is 12.1. The van der Waals surface area contributed by atoms with Gasteiger partial charge in [0.05, 0.1) is 0 Å². The van der Waals surface area contributed by atoms with Crippen LogP contribution >= 0.6 is 11.3 Å². The van der Waals surface area contributed by atoms with Crippen LogP contribution in [0.5, 0.6) is 0 Å². The predicted molar refractivity (Wildman–Crippen MR) is 88.1 cm³/mol. The number of carboxylic acid groups (broad SMARTS) is 1. The van der Waals surface area contributed by atoms with E-state index < -0.39 is 5.97 Å². The molecule has 106 valence electrons. The molecular weight excluding hydrogens is 284 g/mol. The van der Waals surface area contributed by atoms with Crippen molar-refractivity contribution in [2.75, 3.05) is 0 Å². The zero-order valence-electron chi connectivity index (χ0n) is 11.5. The van der Waals surface area contributed by atoms with Crippen LogP contribution < -0.4 is 5.43 Å². The van der Waals surface area contributed by atoms with Crippen LogP contribution in [0, 0.1) is 0 Å². The van der Waals surface area contributed by atoms with Crippen molar-refractivity contribution in [3.8, 4) is 0 Å². The summed E-state index contributed by atoms with van der Waals surface area (Å²) in [6.45, 7) is 4.60. The molecular formula is C17H14O3S. The topological polar surface area (TPSA) is 54.4 Å². The van der Waals surface area contributed by atoms with Gasteiger partial charge >= 0.3 is 5.97 Å². The van der Waals surface area contributed by atoms with Crippen LogP contribution in [0.2, 0.25) is 0 Å². The van der Waals surface area contributed by atoms with Gasteiger partial charge < -0.3 is 5.11 Å². The van der Waals surface area contributed by atoms with E-state index in [0.29, 0.717) is 0 Å². The lowest BCUT2D eigenvalue weighted by molar-refractivity contribution is -0.132. The highest BCUT2D eigenvalue weighted by Crippen LogP contribution is 2.23. The number of carboxylic acids is 1. The molecule has 0 saturated heterocycles. The third-order valence-corrected chi connectivity index (χ3v) is 4.00. The standard InChI is InChI=1S/C13H8OS.C4H6O2/c14-13-9-5-1-3-7-11(9)15-12-8-4-2-6-10(12)13;1-3(2)4(5)6/h1-8H;1H2,2H3,(H,5,6). The quantitative estimate of drug-likeness (QED) is 0.544. The Labute approximate surface area is 125 Å². The second-order valence-corrected chi connectivity index (χ2v) is 5.59. The van der Waals surface area contributed by atoms with Crippen molar-refractivity contribution >= 4 is 37.5 Å². The summed E-state index contributed by atoms with van der Waals surface area (Å²) in [4.78, 5) is 21.7. The first-order valence-corrected chi connectivity index (χ1v) is 7.11. The minimum atomic E-state index is -0.935. The van der Waals surface area contributed by atoms with E-state index in [1.165, 1.54) is 6.92 Å². The molecule has 3 rings (SSSR count). The van der Waals surface area contributed by atoms with Gasteiger partial charge in [-0.15, -0.1) is 11.3 Å². The smallest absolute Gasteiger partial charge is 0.330 e. The molecule has 0 radical (unpaired) electrons. The van der Waals surface area contributed by atoms with E-state index in [1.54, 1.807) is 11.3 Å². The first kappa shape index (κ1) is 14.9. The summed E-state index contributed by atoms with van der Waals surface area (Å²) >= 11 is 1.67. The highest BCUT2D eigenvalue weighted by atomic mass is 32.1. The largest absolute Gasteiger partial charge is 0.478 e. The van der Waals surface area contributed by atoms with Crippen LogP contribution in [0.4, 0.5) is 0 Å². The molecule has 1 aromatic heterocycles. The van der Waals surface area contributed by atoms with Crippen molar-refractivity contribution in [2.24, 2.45) is 0 Å². The van der Waals surface area contributed by atoms with Gasteiger partial charge in [-0.1, -0.05) is 30.8 Å². The lowest BCUT2D eigenvalue weighted by Gasteiger charge is -1.99. The van der Waals surface area contributed by atoms with E-state index >= 15 is 0 Å². The van der Waals surface area contributed by atoms with Crippen molar-refractivity contribution in [3.63, 3.8) is 0 Å². The number of carbonyl (C=O) groups is 1.